The third-order valence-electron chi connectivity index (χ3n) is 4.48. The van der Waals surface area contributed by atoms with E-state index in [0.717, 1.165) is 0 Å². The molecule has 0 bridgehead atoms. The smallest absolute Gasteiger partial charge is 0.325 e. The van der Waals surface area contributed by atoms with Crippen molar-refractivity contribution in [1.29, 1.82) is 0 Å². The number of carbonyl (C=O) groups excluding carboxylic acids is 1. The van der Waals surface area contributed by atoms with Crippen LogP contribution in [0.1, 0.15) is 25.7 Å². The molecular formula is C18H41N2O12P3. The first-order chi connectivity index (χ1) is 16.1. The molecule has 210 valence electrons. The van der Waals surface area contributed by atoms with Gasteiger partial charge in [-0.25, -0.2) is 0 Å². The topological polar surface area (TPSA) is 212 Å². The van der Waals surface area contributed by atoms with Crippen LogP contribution in [0.5, 0.6) is 0 Å². The van der Waals surface area contributed by atoms with E-state index < -0.39 is 28.8 Å². The molecule has 17 heteroatoms. The number of rotatable bonds is 22. The molecule has 0 rings (SSSR count). The van der Waals surface area contributed by atoms with Gasteiger partial charge in [-0.2, -0.15) is 0 Å². The fraction of sp³-hybridized carbons (Fsp3) is 0.944. The van der Waals surface area contributed by atoms with Crippen LogP contribution >= 0.6 is 23.2 Å². The maximum Gasteiger partial charge on any atom is 0.325 e. The van der Waals surface area contributed by atoms with E-state index in [-0.39, 0.29) is 83.3 Å². The van der Waals surface area contributed by atoms with Crippen molar-refractivity contribution < 1.29 is 57.2 Å². The van der Waals surface area contributed by atoms with Crippen molar-refractivity contribution in [2.45, 2.75) is 31.2 Å². The Labute approximate surface area is 206 Å². The van der Waals surface area contributed by atoms with Crippen LogP contribution in [-0.2, 0) is 32.7 Å². The molecule has 0 aromatic rings. The van der Waals surface area contributed by atoms with Gasteiger partial charge in [0.05, 0.1) is 32.1 Å². The largest absolute Gasteiger partial charge is 0.379 e. The Morgan fingerprint density at radius 2 is 1.31 bits per heavy atom. The fourth-order valence-electron chi connectivity index (χ4n) is 2.79. The molecule has 0 aliphatic carbocycles. The molecule has 0 aromatic heterocycles. The molecule has 0 heterocycles. The number of nitrogens with zero attached hydrogens (tertiary/aromatic N) is 1. The van der Waals surface area contributed by atoms with Crippen LogP contribution in [0.25, 0.3) is 0 Å². The normalized spacial score (nSPS) is 13.8. The van der Waals surface area contributed by atoms with Crippen LogP contribution in [0.2, 0.25) is 0 Å². The van der Waals surface area contributed by atoms with Crippen LogP contribution in [0, 0.1) is 0 Å². The van der Waals surface area contributed by atoms with Gasteiger partial charge in [-0.3, -0.25) is 18.5 Å². The number of hydrogen-bond acceptors (Lipinski definition) is 8. The van der Waals surface area contributed by atoms with Crippen LogP contribution in [0.4, 0.5) is 0 Å². The van der Waals surface area contributed by atoms with Crippen LogP contribution in [0.15, 0.2) is 0 Å². The van der Waals surface area contributed by atoms with Crippen molar-refractivity contribution in [2.24, 2.45) is 0 Å². The highest BCUT2D eigenvalue weighted by molar-refractivity contribution is 7.52. The summed E-state index contributed by atoms with van der Waals surface area (Å²) in [5.74, 6) is -0.319. The summed E-state index contributed by atoms with van der Waals surface area (Å²) in [5.41, 5.74) is -1.20. The molecule has 0 aliphatic rings. The number of ether oxygens (including phenoxy) is 3. The van der Waals surface area contributed by atoms with Crippen LogP contribution in [-0.4, -0.2) is 120 Å². The lowest BCUT2D eigenvalue weighted by Gasteiger charge is -2.34. The molecule has 1 amide bonds. The molecule has 35 heavy (non-hydrogen) atoms. The lowest BCUT2D eigenvalue weighted by molar-refractivity contribution is -0.127. The highest BCUT2D eigenvalue weighted by Crippen LogP contribution is 2.35. The average Bonchev–Trinajstić information content (AvgIpc) is 2.69. The lowest BCUT2D eigenvalue weighted by atomic mass is 10.0. The molecule has 6 N–H and O–H groups in total. The van der Waals surface area contributed by atoms with Gasteiger partial charge in [0.15, 0.2) is 8.03 Å². The second-order valence-electron chi connectivity index (χ2n) is 8.52. The SMILES string of the molecule is CN(C)CCC(=O)NC(COCCC[PH](=O)O)(COCCCP(=O)(O)O)COCCCP(=O)(O)O. The summed E-state index contributed by atoms with van der Waals surface area (Å²) in [6, 6.07) is 0. The third-order valence-corrected chi connectivity index (χ3v) is 7.06. The minimum atomic E-state index is -4.17. The first-order valence-electron chi connectivity index (χ1n) is 11.1. The van der Waals surface area contributed by atoms with Gasteiger partial charge in [-0.05, 0) is 33.4 Å². The molecule has 1 unspecified atom stereocenters. The van der Waals surface area contributed by atoms with Gasteiger partial charge >= 0.3 is 15.2 Å². The zero-order valence-electron chi connectivity index (χ0n) is 20.3. The van der Waals surface area contributed by atoms with Gasteiger partial charge < -0.3 is 48.9 Å². The predicted molar refractivity (Wildman–Crippen MR) is 130 cm³/mol. The second kappa shape index (κ2) is 18.1. The van der Waals surface area contributed by atoms with Crippen molar-refractivity contribution in [3.05, 3.63) is 0 Å². The minimum absolute atomic E-state index is 0.00508. The summed E-state index contributed by atoms with van der Waals surface area (Å²) < 4.78 is 49.8. The first kappa shape index (κ1) is 34.8. The number of carbonyl (C=O) groups is 1. The Balaban J connectivity index is 5.24. The maximum atomic E-state index is 12.6. The van der Waals surface area contributed by atoms with E-state index in [1.165, 1.54) is 0 Å². The predicted octanol–water partition coefficient (Wildman–Crippen LogP) is -0.164. The van der Waals surface area contributed by atoms with Gasteiger partial charge in [0, 0.05) is 38.9 Å². The van der Waals surface area contributed by atoms with Crippen molar-refractivity contribution in [3.8, 4) is 0 Å². The van der Waals surface area contributed by atoms with E-state index in [1.807, 2.05) is 19.0 Å². The van der Waals surface area contributed by atoms with E-state index in [1.54, 1.807) is 0 Å². The maximum absolute atomic E-state index is 12.6. The quantitative estimate of drug-likeness (QED) is 0.0738. The van der Waals surface area contributed by atoms with Gasteiger partial charge in [-0.1, -0.05) is 0 Å². The van der Waals surface area contributed by atoms with Crippen molar-refractivity contribution in [3.63, 3.8) is 0 Å². The molecule has 1 atom stereocenters. The van der Waals surface area contributed by atoms with Gasteiger partial charge in [0.25, 0.3) is 0 Å². The highest BCUT2D eigenvalue weighted by Gasteiger charge is 2.34. The summed E-state index contributed by atoms with van der Waals surface area (Å²) in [7, 11) is -7.35. The van der Waals surface area contributed by atoms with Gasteiger partial charge in [-0.15, -0.1) is 0 Å². The van der Waals surface area contributed by atoms with Gasteiger partial charge in [0.1, 0.15) is 5.54 Å². The molecule has 0 spiro atoms. The molecule has 0 radical (unpaired) electrons. The Kier molecular flexibility index (Phi) is 18.0. The molecule has 0 saturated carbocycles. The van der Waals surface area contributed by atoms with Crippen molar-refractivity contribution >= 4 is 29.1 Å². The number of amides is 1. The third kappa shape index (κ3) is 22.7. The molecule has 0 aromatic carbocycles. The highest BCUT2D eigenvalue weighted by atomic mass is 31.2. The first-order valence-corrected chi connectivity index (χ1v) is 16.3. The van der Waals surface area contributed by atoms with Crippen LogP contribution in [0.3, 0.4) is 0 Å². The monoisotopic (exact) mass is 570 g/mol. The minimum Gasteiger partial charge on any atom is -0.379 e. The Morgan fingerprint density at radius 3 is 1.69 bits per heavy atom. The summed E-state index contributed by atoms with van der Waals surface area (Å²) in [5, 5.41) is 2.85. The standard InChI is InChI=1S/C18H41N2O12P3/c1-20(2)7-6-17(21)19-18(14-30-8-3-11-33(22)23,15-31-9-4-12-34(24,25)26)16-32-10-5-13-35(27,28)29/h33H,3-16H2,1-2H3,(H,19,21)(H,22,23)(H2,24,25,26)(H2,27,28,29). The molecule has 0 saturated heterocycles. The second-order valence-corrected chi connectivity index (χ2v) is 13.4. The zero-order valence-corrected chi connectivity index (χ0v) is 23.1. The van der Waals surface area contributed by atoms with E-state index in [2.05, 4.69) is 5.32 Å². The lowest BCUT2D eigenvalue weighted by Crippen LogP contribution is -2.59. The molecule has 0 fully saturated rings. The number of hydrogen-bond donors (Lipinski definition) is 6. The Hall–Kier alpha value is -0.200. The zero-order chi connectivity index (χ0) is 27.0. The summed E-state index contributed by atoms with van der Waals surface area (Å²) in [4.78, 5) is 59.3. The van der Waals surface area contributed by atoms with E-state index >= 15 is 0 Å². The summed E-state index contributed by atoms with van der Waals surface area (Å²) >= 11 is 0. The molecule has 14 nitrogen and oxygen atoms in total. The summed E-state index contributed by atoms with van der Waals surface area (Å²) in [6.45, 7) is 0.316. The number of nitrogens with one attached hydrogen (secondary N) is 1. The molecular weight excluding hydrogens is 529 g/mol. The van der Waals surface area contributed by atoms with E-state index in [0.29, 0.717) is 13.0 Å². The summed E-state index contributed by atoms with van der Waals surface area (Å²) in [6.07, 6.45) is 0.0385. The van der Waals surface area contributed by atoms with Crippen molar-refractivity contribution in [1.82, 2.24) is 10.2 Å². The Morgan fingerprint density at radius 1 is 0.886 bits per heavy atom. The van der Waals surface area contributed by atoms with E-state index in [9.17, 15) is 18.5 Å². The van der Waals surface area contributed by atoms with Crippen molar-refractivity contribution in [2.75, 3.05) is 78.8 Å². The van der Waals surface area contributed by atoms with Crippen LogP contribution < -0.4 is 5.32 Å². The van der Waals surface area contributed by atoms with Gasteiger partial charge in [0.2, 0.25) is 5.91 Å². The Bertz CT molecular complexity index is 681. The molecule has 0 aliphatic heterocycles. The fourth-order valence-corrected chi connectivity index (χ4v) is 4.32. The van der Waals surface area contributed by atoms with E-state index in [4.69, 9.17) is 38.7 Å². The average molecular weight is 570 g/mol.